The topological polar surface area (TPSA) is 164 Å². The third kappa shape index (κ3) is 12.3. The lowest BCUT2D eigenvalue weighted by molar-refractivity contribution is -0.142. The van der Waals surface area contributed by atoms with Crippen LogP contribution in [0.2, 0.25) is 0 Å². The Labute approximate surface area is 327 Å². The van der Waals surface area contributed by atoms with Crippen LogP contribution in [0.15, 0.2) is 108 Å². The molecule has 13 nitrogen and oxygen atoms in total. The molecule has 0 saturated carbocycles. The first-order valence-corrected chi connectivity index (χ1v) is 20.8. The Morgan fingerprint density at radius 3 is 1.48 bits per heavy atom. The van der Waals surface area contributed by atoms with Gasteiger partial charge in [-0.05, 0) is 109 Å². The van der Waals surface area contributed by atoms with Crippen molar-refractivity contribution in [3.63, 3.8) is 0 Å². The van der Waals surface area contributed by atoms with E-state index in [2.05, 4.69) is 19.2 Å². The predicted molar refractivity (Wildman–Crippen MR) is 213 cm³/mol. The van der Waals surface area contributed by atoms with Gasteiger partial charge in [0.15, 0.2) is 12.2 Å². The van der Waals surface area contributed by atoms with Crippen molar-refractivity contribution in [3.8, 4) is 23.0 Å². The summed E-state index contributed by atoms with van der Waals surface area (Å²) in [6, 6.07) is 27.7. The molecule has 1 aliphatic rings. The van der Waals surface area contributed by atoms with E-state index in [9.17, 15) is 26.4 Å². The third-order valence-corrected chi connectivity index (χ3v) is 10.4. The van der Waals surface area contributed by atoms with E-state index in [-0.39, 0.29) is 26.3 Å². The molecule has 0 aliphatic carbocycles. The van der Waals surface area contributed by atoms with Crippen LogP contribution in [0.25, 0.3) is 12.2 Å². The Morgan fingerprint density at radius 1 is 0.661 bits per heavy atom. The largest absolute Gasteiger partial charge is 0.485 e. The van der Waals surface area contributed by atoms with Crippen molar-refractivity contribution in [1.82, 2.24) is 4.90 Å². The lowest BCUT2D eigenvalue weighted by Gasteiger charge is -2.21. The van der Waals surface area contributed by atoms with E-state index in [1.807, 2.05) is 24.3 Å². The highest BCUT2D eigenvalue weighted by Gasteiger charge is 2.40. The number of likely N-dealkylation sites (tertiary alicyclic amines) is 1. The van der Waals surface area contributed by atoms with Gasteiger partial charge in [0.05, 0.1) is 37.1 Å². The van der Waals surface area contributed by atoms with E-state index < -0.39 is 44.3 Å². The maximum Gasteiger partial charge on any atom is 0.313 e. The second-order valence-electron chi connectivity index (χ2n) is 12.9. The summed E-state index contributed by atoms with van der Waals surface area (Å²) >= 11 is 0. The zero-order valence-corrected chi connectivity index (χ0v) is 33.0. The molecule has 1 fully saturated rings. The monoisotopic (exact) mass is 804 g/mol. The Bertz CT molecular complexity index is 2120. The summed E-state index contributed by atoms with van der Waals surface area (Å²) in [6.45, 7) is 7.45. The minimum Gasteiger partial charge on any atom is -0.485 e. The molecule has 0 bridgehead atoms. The van der Waals surface area contributed by atoms with Crippen molar-refractivity contribution in [2.75, 3.05) is 31.6 Å². The molecule has 2 amide bonds. The highest BCUT2D eigenvalue weighted by molar-refractivity contribution is 7.90. The van der Waals surface area contributed by atoms with Crippen LogP contribution in [0.3, 0.4) is 0 Å². The number of carbonyl (C=O) groups is 2. The van der Waals surface area contributed by atoms with Crippen molar-refractivity contribution >= 4 is 49.9 Å². The number of rotatable bonds is 16. The van der Waals surface area contributed by atoms with Gasteiger partial charge in [-0.25, -0.2) is 0 Å². The van der Waals surface area contributed by atoms with Crippen molar-refractivity contribution in [2.45, 2.75) is 45.8 Å². The van der Waals surface area contributed by atoms with Crippen LogP contribution in [0, 0.1) is 0 Å². The van der Waals surface area contributed by atoms with E-state index in [0.29, 0.717) is 45.7 Å². The van der Waals surface area contributed by atoms with Crippen LogP contribution >= 0.6 is 0 Å². The number of carbonyl (C=O) groups excluding carboxylic acids is 2. The van der Waals surface area contributed by atoms with Crippen molar-refractivity contribution in [2.24, 2.45) is 0 Å². The molecule has 4 aromatic carbocycles. The molecule has 296 valence electrons. The van der Waals surface area contributed by atoms with Gasteiger partial charge in [-0.3, -0.25) is 18.0 Å². The Balaban J connectivity index is 1.26. The first-order valence-electron chi connectivity index (χ1n) is 17.9. The minimum absolute atomic E-state index is 0.0162. The molecule has 2 atom stereocenters. The number of benzene rings is 4. The molecule has 1 N–H and O–H groups in total. The molecule has 1 aliphatic heterocycles. The lowest BCUT2D eigenvalue weighted by atomic mass is 10.0. The minimum atomic E-state index is -3.81. The normalized spacial score (nSPS) is 16.1. The van der Waals surface area contributed by atoms with Gasteiger partial charge in [0, 0.05) is 5.69 Å². The second-order valence-corrected chi connectivity index (χ2v) is 15.9. The summed E-state index contributed by atoms with van der Waals surface area (Å²) in [4.78, 5) is 28.0. The smallest absolute Gasteiger partial charge is 0.313 e. The van der Waals surface area contributed by atoms with Crippen LogP contribution in [-0.4, -0.2) is 72.1 Å². The van der Waals surface area contributed by atoms with Gasteiger partial charge in [-0.2, -0.15) is 16.8 Å². The summed E-state index contributed by atoms with van der Waals surface area (Å²) in [6.07, 6.45) is 1.36. The van der Waals surface area contributed by atoms with Gasteiger partial charge in [-0.15, -0.1) is 0 Å². The number of nitrogens with one attached hydrogen (secondary N) is 1. The first kappa shape index (κ1) is 41.7. The SMILES string of the molecule is CCOS(=O)(=O)/C=C/c1ccc(O[C@@H]2CN(C(=O)C(=O)Nc3ccc(Oc4ccc(C(C)C)cc4)cc3)C[C@H]2Oc2ccc(/C=C/S(=O)(=O)OCC)cc2)cc1. The fraction of sp³-hybridized carbons (Fsp3) is 0.268. The van der Waals surface area contributed by atoms with Gasteiger partial charge in [-0.1, -0.05) is 50.2 Å². The van der Waals surface area contributed by atoms with Crippen molar-refractivity contribution < 1.29 is 49.0 Å². The average Bonchev–Trinajstić information content (AvgIpc) is 3.56. The van der Waals surface area contributed by atoms with Crippen LogP contribution in [0.4, 0.5) is 5.69 Å². The van der Waals surface area contributed by atoms with Crippen LogP contribution < -0.4 is 19.5 Å². The van der Waals surface area contributed by atoms with E-state index in [1.165, 1.54) is 22.6 Å². The van der Waals surface area contributed by atoms with Crippen LogP contribution in [0.1, 0.15) is 50.3 Å². The molecule has 0 aromatic heterocycles. The fourth-order valence-electron chi connectivity index (χ4n) is 5.52. The highest BCUT2D eigenvalue weighted by atomic mass is 32.2. The molecule has 0 spiro atoms. The van der Waals surface area contributed by atoms with Crippen molar-refractivity contribution in [3.05, 3.63) is 125 Å². The second kappa shape index (κ2) is 18.9. The number of hydrogen-bond acceptors (Lipinski definition) is 11. The summed E-state index contributed by atoms with van der Waals surface area (Å²) in [5.74, 6) is 0.831. The molecule has 1 heterocycles. The summed E-state index contributed by atoms with van der Waals surface area (Å²) < 4.78 is 75.5. The zero-order chi connectivity index (χ0) is 40.3. The Morgan fingerprint density at radius 2 is 1.07 bits per heavy atom. The van der Waals surface area contributed by atoms with Gasteiger partial charge in [0.25, 0.3) is 20.2 Å². The Kier molecular flexibility index (Phi) is 14.1. The van der Waals surface area contributed by atoms with Gasteiger partial charge in [0.1, 0.15) is 23.0 Å². The van der Waals surface area contributed by atoms with Gasteiger partial charge in [0.2, 0.25) is 0 Å². The van der Waals surface area contributed by atoms with E-state index in [0.717, 1.165) is 10.8 Å². The van der Waals surface area contributed by atoms with E-state index >= 15 is 0 Å². The fourth-order valence-corrected chi connectivity index (χ4v) is 6.98. The molecule has 56 heavy (non-hydrogen) atoms. The maximum absolute atomic E-state index is 13.5. The lowest BCUT2D eigenvalue weighted by Crippen LogP contribution is -2.39. The van der Waals surface area contributed by atoms with Crippen LogP contribution in [0.5, 0.6) is 23.0 Å². The van der Waals surface area contributed by atoms with Gasteiger partial charge < -0.3 is 24.4 Å². The number of anilines is 1. The predicted octanol–water partition coefficient (Wildman–Crippen LogP) is 6.95. The molecular formula is C41H44N2O11S2. The molecular weight excluding hydrogens is 761 g/mol. The first-order chi connectivity index (χ1) is 26.7. The summed E-state index contributed by atoms with van der Waals surface area (Å²) in [7, 11) is -7.62. The molecule has 5 rings (SSSR count). The van der Waals surface area contributed by atoms with E-state index in [1.54, 1.807) is 86.6 Å². The molecule has 15 heteroatoms. The summed E-state index contributed by atoms with van der Waals surface area (Å²) in [5, 5.41) is 4.58. The quantitative estimate of drug-likeness (QED) is 0.0921. The Hall–Kier alpha value is -5.48. The van der Waals surface area contributed by atoms with E-state index in [4.69, 9.17) is 22.6 Å². The third-order valence-electron chi connectivity index (χ3n) is 8.35. The van der Waals surface area contributed by atoms with Crippen molar-refractivity contribution in [1.29, 1.82) is 0 Å². The number of ether oxygens (including phenoxy) is 3. The van der Waals surface area contributed by atoms with Gasteiger partial charge >= 0.3 is 11.8 Å². The summed E-state index contributed by atoms with van der Waals surface area (Å²) in [5.41, 5.74) is 2.76. The molecule has 1 saturated heterocycles. The number of nitrogens with zero attached hydrogens (tertiary/aromatic N) is 1. The van der Waals surface area contributed by atoms with Crippen LogP contribution in [-0.2, 0) is 38.2 Å². The molecule has 0 unspecified atom stereocenters. The maximum atomic E-state index is 13.5. The zero-order valence-electron chi connectivity index (χ0n) is 31.4. The standard InChI is InChI=1S/C41H44N2O11S2/c1-5-50-55(46,47)25-23-30-7-15-36(16-8-30)53-38-27-43(28-39(38)54-37-17-9-31(10-18-37)24-26-56(48,49)51-6-2)41(45)40(44)42-33-13-21-35(22-14-33)52-34-19-11-32(12-20-34)29(3)4/h7-26,29,38-39H,5-6,27-28H2,1-4H3,(H,42,44)/b25-23+,26-24+/t38-,39-/m1/s1. The number of hydrogen-bond donors (Lipinski definition) is 1. The number of amides is 2. The average molecular weight is 805 g/mol. The molecule has 0 radical (unpaired) electrons. The molecule has 4 aromatic rings. The highest BCUT2D eigenvalue weighted by Crippen LogP contribution is 2.27.